The molecule has 2 amide bonds. The van der Waals surface area contributed by atoms with E-state index >= 15 is 0 Å². The number of hydrogen-bond acceptors (Lipinski definition) is 5. The lowest BCUT2D eigenvalue weighted by molar-refractivity contribution is 0.0946. The molecule has 126 valence electrons. The highest BCUT2D eigenvalue weighted by Crippen LogP contribution is 2.03. The molecule has 0 spiro atoms. The van der Waals surface area contributed by atoms with Crippen LogP contribution in [-0.4, -0.2) is 53.9 Å². The first-order chi connectivity index (χ1) is 11.6. The van der Waals surface area contributed by atoms with Gasteiger partial charge in [0.05, 0.1) is 0 Å². The molecular weight excluding hydrogens is 306 g/mol. The zero-order valence-electron chi connectivity index (χ0n) is 13.8. The van der Waals surface area contributed by atoms with Gasteiger partial charge in [0.1, 0.15) is 5.69 Å². The van der Waals surface area contributed by atoms with Crippen molar-refractivity contribution in [2.75, 3.05) is 27.2 Å². The lowest BCUT2D eigenvalue weighted by Gasteiger charge is -2.10. The average Bonchev–Trinajstić information content (AvgIpc) is 2.60. The maximum atomic E-state index is 12.2. The van der Waals surface area contributed by atoms with Gasteiger partial charge in [-0.1, -0.05) is 6.07 Å². The van der Waals surface area contributed by atoms with Crippen LogP contribution in [0.5, 0.6) is 0 Å². The summed E-state index contributed by atoms with van der Waals surface area (Å²) in [4.78, 5) is 34.2. The molecule has 0 aliphatic rings. The highest BCUT2D eigenvalue weighted by atomic mass is 16.2. The van der Waals surface area contributed by atoms with Gasteiger partial charge in [-0.3, -0.25) is 19.6 Å². The van der Waals surface area contributed by atoms with Gasteiger partial charge in [0.15, 0.2) is 0 Å². The van der Waals surface area contributed by atoms with E-state index in [1.165, 1.54) is 12.3 Å². The Balaban J connectivity index is 1.93. The van der Waals surface area contributed by atoms with Crippen molar-refractivity contribution in [1.82, 2.24) is 25.5 Å². The Bertz CT molecular complexity index is 688. The van der Waals surface area contributed by atoms with E-state index in [2.05, 4.69) is 20.6 Å². The SMILES string of the molecule is CN(C)CCNC(=O)c1ccnc(C(=O)NCc2cccnc2)c1. The van der Waals surface area contributed by atoms with E-state index in [0.717, 1.165) is 12.1 Å². The van der Waals surface area contributed by atoms with Crippen LogP contribution in [0, 0.1) is 0 Å². The quantitative estimate of drug-likeness (QED) is 0.781. The molecule has 7 nitrogen and oxygen atoms in total. The van der Waals surface area contributed by atoms with E-state index in [1.807, 2.05) is 25.1 Å². The summed E-state index contributed by atoms with van der Waals surface area (Å²) < 4.78 is 0. The molecule has 2 aromatic heterocycles. The summed E-state index contributed by atoms with van der Waals surface area (Å²) in [6, 6.07) is 6.75. The third-order valence-corrected chi connectivity index (χ3v) is 3.28. The van der Waals surface area contributed by atoms with Crippen molar-refractivity contribution in [1.29, 1.82) is 0 Å². The van der Waals surface area contributed by atoms with Crippen LogP contribution in [0.15, 0.2) is 42.9 Å². The number of hydrogen-bond donors (Lipinski definition) is 2. The van der Waals surface area contributed by atoms with Crippen molar-refractivity contribution in [3.63, 3.8) is 0 Å². The number of carbonyl (C=O) groups is 2. The Morgan fingerprint density at radius 2 is 1.96 bits per heavy atom. The molecule has 7 heteroatoms. The van der Waals surface area contributed by atoms with Crippen LogP contribution in [0.1, 0.15) is 26.4 Å². The van der Waals surface area contributed by atoms with Crippen LogP contribution in [-0.2, 0) is 6.54 Å². The van der Waals surface area contributed by atoms with Crippen LogP contribution in [0.3, 0.4) is 0 Å². The summed E-state index contributed by atoms with van der Waals surface area (Å²) in [5.74, 6) is -0.553. The second kappa shape index (κ2) is 8.73. The van der Waals surface area contributed by atoms with Crippen molar-refractivity contribution in [3.8, 4) is 0 Å². The first-order valence-corrected chi connectivity index (χ1v) is 7.62. The van der Waals surface area contributed by atoms with Crippen LogP contribution in [0.4, 0.5) is 0 Å². The number of amides is 2. The van der Waals surface area contributed by atoms with Gasteiger partial charge in [0.2, 0.25) is 0 Å². The van der Waals surface area contributed by atoms with E-state index < -0.39 is 0 Å². The minimum atomic E-state index is -0.332. The van der Waals surface area contributed by atoms with Gasteiger partial charge in [-0.05, 0) is 37.9 Å². The predicted octanol–water partition coefficient (Wildman–Crippen LogP) is 0.698. The van der Waals surface area contributed by atoms with E-state index in [4.69, 9.17) is 0 Å². The fourth-order valence-electron chi connectivity index (χ4n) is 1.97. The monoisotopic (exact) mass is 327 g/mol. The Morgan fingerprint density at radius 1 is 1.12 bits per heavy atom. The van der Waals surface area contributed by atoms with Crippen molar-refractivity contribution >= 4 is 11.8 Å². The highest BCUT2D eigenvalue weighted by Gasteiger charge is 2.11. The minimum absolute atomic E-state index is 0.208. The summed E-state index contributed by atoms with van der Waals surface area (Å²) in [6.07, 6.45) is 4.81. The van der Waals surface area contributed by atoms with Crippen molar-refractivity contribution in [3.05, 3.63) is 59.7 Å². The highest BCUT2D eigenvalue weighted by molar-refractivity contribution is 5.98. The summed E-state index contributed by atoms with van der Waals surface area (Å²) in [5, 5.41) is 5.57. The molecule has 0 atom stereocenters. The Kier molecular flexibility index (Phi) is 6.39. The molecule has 2 heterocycles. The summed E-state index contributed by atoms with van der Waals surface area (Å²) in [5.41, 5.74) is 1.51. The standard InChI is InChI=1S/C17H21N5O2/c1-22(2)9-8-20-16(23)14-5-7-19-15(10-14)17(24)21-12-13-4-3-6-18-11-13/h3-7,10-11H,8-9,12H2,1-2H3,(H,20,23)(H,21,24). The van der Waals surface area contributed by atoms with Crippen molar-refractivity contribution in [2.45, 2.75) is 6.54 Å². The zero-order valence-corrected chi connectivity index (χ0v) is 13.8. The van der Waals surface area contributed by atoms with Crippen LogP contribution in [0.2, 0.25) is 0 Å². The number of nitrogens with zero attached hydrogens (tertiary/aromatic N) is 3. The minimum Gasteiger partial charge on any atom is -0.351 e. The van der Waals surface area contributed by atoms with Gasteiger partial charge < -0.3 is 15.5 Å². The van der Waals surface area contributed by atoms with Crippen molar-refractivity contribution in [2.24, 2.45) is 0 Å². The number of likely N-dealkylation sites (N-methyl/N-ethyl adjacent to an activating group) is 1. The van der Waals surface area contributed by atoms with E-state index in [0.29, 0.717) is 18.7 Å². The fourth-order valence-corrected chi connectivity index (χ4v) is 1.97. The molecule has 0 unspecified atom stereocenters. The van der Waals surface area contributed by atoms with Gasteiger partial charge in [-0.25, -0.2) is 0 Å². The fraction of sp³-hybridized carbons (Fsp3) is 0.294. The van der Waals surface area contributed by atoms with Gasteiger partial charge >= 0.3 is 0 Å². The van der Waals surface area contributed by atoms with Gasteiger partial charge in [-0.15, -0.1) is 0 Å². The first-order valence-electron chi connectivity index (χ1n) is 7.62. The van der Waals surface area contributed by atoms with Crippen LogP contribution < -0.4 is 10.6 Å². The molecule has 24 heavy (non-hydrogen) atoms. The third-order valence-electron chi connectivity index (χ3n) is 3.28. The molecule has 0 aliphatic carbocycles. The van der Waals surface area contributed by atoms with Crippen LogP contribution >= 0.6 is 0 Å². The number of pyridine rings is 2. The smallest absolute Gasteiger partial charge is 0.270 e. The number of rotatable bonds is 7. The molecule has 0 bridgehead atoms. The van der Waals surface area contributed by atoms with E-state index in [1.54, 1.807) is 24.5 Å². The molecule has 0 aromatic carbocycles. The Morgan fingerprint density at radius 3 is 2.67 bits per heavy atom. The van der Waals surface area contributed by atoms with E-state index in [9.17, 15) is 9.59 Å². The van der Waals surface area contributed by atoms with E-state index in [-0.39, 0.29) is 17.5 Å². The Labute approximate surface area is 141 Å². The van der Waals surface area contributed by atoms with Gasteiger partial charge in [0, 0.05) is 43.8 Å². The maximum Gasteiger partial charge on any atom is 0.270 e. The first kappa shape index (κ1) is 17.6. The molecule has 2 rings (SSSR count). The number of carbonyl (C=O) groups excluding carboxylic acids is 2. The molecule has 0 saturated heterocycles. The largest absolute Gasteiger partial charge is 0.351 e. The average molecular weight is 327 g/mol. The number of nitrogens with one attached hydrogen (secondary N) is 2. The van der Waals surface area contributed by atoms with Gasteiger partial charge in [-0.2, -0.15) is 0 Å². The molecule has 0 saturated carbocycles. The second-order valence-electron chi connectivity index (χ2n) is 5.53. The normalized spacial score (nSPS) is 10.5. The summed E-state index contributed by atoms with van der Waals surface area (Å²) in [6.45, 7) is 1.64. The molecule has 2 N–H and O–H groups in total. The third kappa shape index (κ3) is 5.44. The second-order valence-corrected chi connectivity index (χ2v) is 5.53. The van der Waals surface area contributed by atoms with Crippen LogP contribution in [0.25, 0.3) is 0 Å². The lowest BCUT2D eigenvalue weighted by atomic mass is 10.2. The molecule has 0 radical (unpaired) electrons. The summed E-state index contributed by atoms with van der Waals surface area (Å²) in [7, 11) is 3.87. The molecule has 0 fully saturated rings. The maximum absolute atomic E-state index is 12.2. The number of aromatic nitrogens is 2. The molecule has 2 aromatic rings. The topological polar surface area (TPSA) is 87.2 Å². The van der Waals surface area contributed by atoms with Gasteiger partial charge in [0.25, 0.3) is 11.8 Å². The predicted molar refractivity (Wildman–Crippen MR) is 90.5 cm³/mol. The van der Waals surface area contributed by atoms with Crippen molar-refractivity contribution < 1.29 is 9.59 Å². The molecular formula is C17H21N5O2. The molecule has 0 aliphatic heterocycles. The Hall–Kier alpha value is -2.80. The zero-order chi connectivity index (χ0) is 17.4. The summed E-state index contributed by atoms with van der Waals surface area (Å²) >= 11 is 0. The lowest BCUT2D eigenvalue weighted by Crippen LogP contribution is -2.31.